The molecule has 1 aliphatic heterocycles. The van der Waals surface area contributed by atoms with Crippen LogP contribution < -0.4 is 0 Å². The topological polar surface area (TPSA) is 30.3 Å². The molecule has 0 aliphatic carbocycles. The molecule has 0 amide bonds. The summed E-state index contributed by atoms with van der Waals surface area (Å²) in [7, 11) is 0. The fourth-order valence-corrected chi connectivity index (χ4v) is 3.15. The predicted molar refractivity (Wildman–Crippen MR) is 86.0 cm³/mol. The Hall–Kier alpha value is -1.10. The summed E-state index contributed by atoms with van der Waals surface area (Å²) in [6.45, 7) is 9.76. The fraction of sp³-hybridized carbons (Fsp3) is 0.562. The van der Waals surface area contributed by atoms with E-state index in [9.17, 15) is 0 Å². The molecule has 3 rings (SSSR count). The molecule has 4 nitrogen and oxygen atoms in total. The number of nitrogens with zero attached hydrogens (tertiary/aromatic N) is 3. The van der Waals surface area contributed by atoms with Crippen molar-refractivity contribution in [2.45, 2.75) is 25.8 Å². The molecule has 1 aromatic heterocycles. The van der Waals surface area contributed by atoms with Crippen molar-refractivity contribution in [3.63, 3.8) is 0 Å². The Morgan fingerprint density at radius 2 is 2.05 bits per heavy atom. The zero-order valence-corrected chi connectivity index (χ0v) is 13.4. The lowest BCUT2D eigenvalue weighted by atomic mass is 10.2. The molecule has 1 atom stereocenters. The number of halogens is 1. The van der Waals surface area contributed by atoms with Gasteiger partial charge in [-0.2, -0.15) is 0 Å². The van der Waals surface area contributed by atoms with Crippen molar-refractivity contribution in [1.82, 2.24) is 14.5 Å². The molecule has 1 saturated heterocycles. The number of benzene rings is 1. The molecule has 5 heteroatoms. The lowest BCUT2D eigenvalue weighted by Gasteiger charge is -2.27. The van der Waals surface area contributed by atoms with E-state index >= 15 is 0 Å². The second kappa shape index (κ2) is 6.34. The van der Waals surface area contributed by atoms with Gasteiger partial charge >= 0.3 is 0 Å². The largest absolute Gasteiger partial charge is 0.379 e. The van der Waals surface area contributed by atoms with Gasteiger partial charge < -0.3 is 9.30 Å². The van der Waals surface area contributed by atoms with Crippen LogP contribution in [0.15, 0.2) is 18.2 Å². The van der Waals surface area contributed by atoms with Gasteiger partial charge in [0.15, 0.2) is 0 Å². The van der Waals surface area contributed by atoms with Crippen LogP contribution in [0.4, 0.5) is 0 Å². The quantitative estimate of drug-likeness (QED) is 0.814. The molecule has 0 radical (unpaired) electrons. The zero-order chi connectivity index (χ0) is 14.8. The second-order valence-electron chi connectivity index (χ2n) is 5.63. The Kier molecular flexibility index (Phi) is 4.48. The minimum Gasteiger partial charge on any atom is -0.379 e. The van der Waals surface area contributed by atoms with Crippen LogP contribution in [0.25, 0.3) is 11.0 Å². The van der Waals surface area contributed by atoms with E-state index in [2.05, 4.69) is 34.6 Å². The Bertz CT molecular complexity index is 617. The summed E-state index contributed by atoms with van der Waals surface area (Å²) in [6, 6.07) is 6.26. The van der Waals surface area contributed by atoms with E-state index < -0.39 is 0 Å². The minimum atomic E-state index is -0.0820. The number of aryl methyl sites for hydroxylation is 1. The first kappa shape index (κ1) is 14.8. The highest BCUT2D eigenvalue weighted by Gasteiger charge is 2.17. The maximum Gasteiger partial charge on any atom is 0.127 e. The molecule has 114 valence electrons. The van der Waals surface area contributed by atoms with Gasteiger partial charge in [0.1, 0.15) is 5.82 Å². The van der Waals surface area contributed by atoms with Crippen molar-refractivity contribution < 1.29 is 4.74 Å². The van der Waals surface area contributed by atoms with Crippen molar-refractivity contribution >= 4 is 22.6 Å². The normalized spacial score (nSPS) is 18.2. The Balaban J connectivity index is 1.89. The summed E-state index contributed by atoms with van der Waals surface area (Å²) >= 11 is 6.34. The van der Waals surface area contributed by atoms with Crippen LogP contribution in [-0.2, 0) is 11.3 Å². The minimum absolute atomic E-state index is 0.0820. The number of morpholine rings is 1. The smallest absolute Gasteiger partial charge is 0.127 e. The molecule has 2 heterocycles. The molecule has 21 heavy (non-hydrogen) atoms. The molecule has 1 aliphatic rings. The molecular formula is C16H22ClN3O. The predicted octanol–water partition coefficient (Wildman–Crippen LogP) is 2.98. The van der Waals surface area contributed by atoms with Gasteiger partial charge in [-0.3, -0.25) is 4.90 Å². The van der Waals surface area contributed by atoms with E-state index in [0.717, 1.165) is 50.7 Å². The molecule has 0 N–H and O–H groups in total. The second-order valence-corrected chi connectivity index (χ2v) is 6.29. The molecule has 1 aromatic carbocycles. The lowest BCUT2D eigenvalue weighted by Crippen LogP contribution is -2.38. The number of fused-ring (bicyclic) bond motifs is 1. The number of aromatic nitrogens is 2. The first-order chi connectivity index (χ1) is 10.2. The number of imidazole rings is 1. The van der Waals surface area contributed by atoms with Crippen molar-refractivity contribution in [3.05, 3.63) is 29.6 Å². The highest BCUT2D eigenvalue weighted by Crippen LogP contribution is 2.26. The first-order valence-corrected chi connectivity index (χ1v) is 8.00. The zero-order valence-electron chi connectivity index (χ0n) is 12.7. The van der Waals surface area contributed by atoms with E-state index in [0.29, 0.717) is 0 Å². The number of ether oxygens (including phenoxy) is 1. The summed E-state index contributed by atoms with van der Waals surface area (Å²) < 4.78 is 7.70. The Morgan fingerprint density at radius 3 is 2.76 bits per heavy atom. The molecule has 2 aromatic rings. The van der Waals surface area contributed by atoms with Crippen LogP contribution in [0.5, 0.6) is 0 Å². The van der Waals surface area contributed by atoms with Crippen LogP contribution >= 0.6 is 11.6 Å². The van der Waals surface area contributed by atoms with Gasteiger partial charge in [-0.15, -0.1) is 11.6 Å². The van der Waals surface area contributed by atoms with Crippen molar-refractivity contribution in [2.75, 3.05) is 32.8 Å². The van der Waals surface area contributed by atoms with E-state index in [1.165, 1.54) is 11.1 Å². The molecule has 0 spiro atoms. The number of alkyl halides is 1. The van der Waals surface area contributed by atoms with Crippen molar-refractivity contribution in [2.24, 2.45) is 0 Å². The number of rotatable bonds is 4. The third-order valence-corrected chi connectivity index (χ3v) is 4.29. The summed E-state index contributed by atoms with van der Waals surface area (Å²) in [6.07, 6.45) is 0. The van der Waals surface area contributed by atoms with E-state index in [1.54, 1.807) is 0 Å². The maximum atomic E-state index is 6.34. The first-order valence-electron chi connectivity index (χ1n) is 7.56. The average molecular weight is 308 g/mol. The van der Waals surface area contributed by atoms with Gasteiger partial charge in [-0.25, -0.2) is 4.98 Å². The molecule has 1 unspecified atom stereocenters. The van der Waals surface area contributed by atoms with Gasteiger partial charge in [0.2, 0.25) is 0 Å². The van der Waals surface area contributed by atoms with Crippen LogP contribution in [0, 0.1) is 6.92 Å². The molecule has 0 saturated carbocycles. The van der Waals surface area contributed by atoms with Crippen LogP contribution in [-0.4, -0.2) is 47.3 Å². The Morgan fingerprint density at radius 1 is 1.29 bits per heavy atom. The third-order valence-electron chi connectivity index (χ3n) is 4.10. The monoisotopic (exact) mass is 307 g/mol. The van der Waals surface area contributed by atoms with Gasteiger partial charge in [0.25, 0.3) is 0 Å². The van der Waals surface area contributed by atoms with Crippen LogP contribution in [0.3, 0.4) is 0 Å². The summed E-state index contributed by atoms with van der Waals surface area (Å²) in [5, 5.41) is -0.0820. The maximum absolute atomic E-state index is 6.34. The third kappa shape index (κ3) is 3.07. The van der Waals surface area contributed by atoms with E-state index in [-0.39, 0.29) is 5.38 Å². The average Bonchev–Trinajstić information content (AvgIpc) is 2.86. The SMILES string of the molecule is Cc1cccc2nc(C(C)Cl)n(CCN3CCOCC3)c12. The molecule has 0 bridgehead atoms. The van der Waals surface area contributed by atoms with Gasteiger partial charge in [0, 0.05) is 26.2 Å². The summed E-state index contributed by atoms with van der Waals surface area (Å²) in [4.78, 5) is 7.17. The van der Waals surface area contributed by atoms with Gasteiger partial charge in [-0.1, -0.05) is 12.1 Å². The highest BCUT2D eigenvalue weighted by atomic mass is 35.5. The number of para-hydroxylation sites is 1. The number of hydrogen-bond donors (Lipinski definition) is 0. The Labute approximate surface area is 130 Å². The van der Waals surface area contributed by atoms with Crippen molar-refractivity contribution in [1.29, 1.82) is 0 Å². The fourth-order valence-electron chi connectivity index (χ4n) is 2.98. The van der Waals surface area contributed by atoms with E-state index in [4.69, 9.17) is 21.3 Å². The standard InChI is InChI=1S/C16H22ClN3O/c1-12-4-3-5-14-15(12)20(16(18-14)13(2)17)7-6-19-8-10-21-11-9-19/h3-5,13H,6-11H2,1-2H3. The lowest BCUT2D eigenvalue weighted by molar-refractivity contribution is 0.0364. The summed E-state index contributed by atoms with van der Waals surface area (Å²) in [5.41, 5.74) is 3.51. The van der Waals surface area contributed by atoms with Crippen molar-refractivity contribution in [3.8, 4) is 0 Å². The van der Waals surface area contributed by atoms with Crippen LogP contribution in [0.2, 0.25) is 0 Å². The van der Waals surface area contributed by atoms with Gasteiger partial charge in [0.05, 0.1) is 29.6 Å². The highest BCUT2D eigenvalue weighted by molar-refractivity contribution is 6.20. The van der Waals surface area contributed by atoms with Crippen LogP contribution in [0.1, 0.15) is 23.7 Å². The number of hydrogen-bond acceptors (Lipinski definition) is 3. The molecular weight excluding hydrogens is 286 g/mol. The van der Waals surface area contributed by atoms with Gasteiger partial charge in [-0.05, 0) is 25.5 Å². The van der Waals surface area contributed by atoms with E-state index in [1.807, 2.05) is 6.92 Å². The summed E-state index contributed by atoms with van der Waals surface area (Å²) in [5.74, 6) is 0.967. The molecule has 1 fully saturated rings.